The number of hydrogen-bond donors (Lipinski definition) is 1. The molecule has 0 amide bonds. The Kier molecular flexibility index (Phi) is 4.37. The zero-order chi connectivity index (χ0) is 10.5. The molecule has 74 valence electrons. The van der Waals surface area contributed by atoms with Crippen molar-refractivity contribution in [3.05, 3.63) is 12.2 Å². The zero-order valence-corrected chi connectivity index (χ0v) is 7.44. The fourth-order valence-corrected chi connectivity index (χ4v) is 0.601. The van der Waals surface area contributed by atoms with Gasteiger partial charge in [0.1, 0.15) is 5.71 Å². The highest BCUT2D eigenvalue weighted by Crippen LogP contribution is 2.16. The molecule has 13 heavy (non-hydrogen) atoms. The van der Waals surface area contributed by atoms with Gasteiger partial charge in [0.2, 0.25) is 0 Å². The van der Waals surface area contributed by atoms with Crippen LogP contribution in [0, 0.1) is 5.41 Å². The molecule has 5 heteroatoms. The standard InChI is InChI=1S/C8H11F3N2/c1-3-13-6(2)4-5-7(12)8(9,10)11/h4-5,12H,3H2,1-2H3/b5-4-,12-7?,13-6?. The third-order valence-electron chi connectivity index (χ3n) is 1.20. The predicted octanol–water partition coefficient (Wildman–Crippen LogP) is 2.61. The Morgan fingerprint density at radius 3 is 2.31 bits per heavy atom. The Bertz CT molecular complexity index is 238. The molecule has 0 spiro atoms. The van der Waals surface area contributed by atoms with Crippen molar-refractivity contribution in [3.63, 3.8) is 0 Å². The van der Waals surface area contributed by atoms with E-state index in [9.17, 15) is 13.2 Å². The van der Waals surface area contributed by atoms with Gasteiger partial charge in [-0.15, -0.1) is 0 Å². The summed E-state index contributed by atoms with van der Waals surface area (Å²) < 4.78 is 35.3. The van der Waals surface area contributed by atoms with Crippen LogP contribution < -0.4 is 0 Å². The van der Waals surface area contributed by atoms with Crippen LogP contribution in [-0.2, 0) is 0 Å². The molecule has 0 aliphatic heterocycles. The molecule has 0 saturated heterocycles. The minimum Gasteiger partial charge on any atom is -0.296 e. The van der Waals surface area contributed by atoms with Gasteiger partial charge in [0.15, 0.2) is 0 Å². The molecule has 0 aromatic heterocycles. The van der Waals surface area contributed by atoms with Gasteiger partial charge in [-0.3, -0.25) is 10.4 Å². The number of nitrogens with zero attached hydrogens (tertiary/aromatic N) is 1. The highest BCUT2D eigenvalue weighted by molar-refractivity contribution is 6.03. The maximum Gasteiger partial charge on any atom is 0.432 e. The van der Waals surface area contributed by atoms with E-state index in [0.29, 0.717) is 18.3 Å². The molecule has 0 radical (unpaired) electrons. The van der Waals surface area contributed by atoms with Crippen LogP contribution in [0.3, 0.4) is 0 Å². The van der Waals surface area contributed by atoms with E-state index in [1.165, 1.54) is 6.08 Å². The topological polar surface area (TPSA) is 36.2 Å². The summed E-state index contributed by atoms with van der Waals surface area (Å²) in [6.45, 7) is 3.89. The quantitative estimate of drug-likeness (QED) is 0.667. The Hall–Kier alpha value is -1.13. The first-order valence-corrected chi connectivity index (χ1v) is 3.72. The van der Waals surface area contributed by atoms with Crippen molar-refractivity contribution < 1.29 is 13.2 Å². The summed E-state index contributed by atoms with van der Waals surface area (Å²) in [5.41, 5.74) is -0.880. The summed E-state index contributed by atoms with van der Waals surface area (Å²) in [5.74, 6) is 0. The lowest BCUT2D eigenvalue weighted by atomic mass is 10.3. The average molecular weight is 192 g/mol. The maximum atomic E-state index is 11.8. The minimum absolute atomic E-state index is 0.483. The van der Waals surface area contributed by atoms with Crippen LogP contribution in [-0.4, -0.2) is 24.1 Å². The number of nitrogens with one attached hydrogen (secondary N) is 1. The van der Waals surface area contributed by atoms with Gasteiger partial charge in [0.25, 0.3) is 0 Å². The van der Waals surface area contributed by atoms with Crippen LogP contribution in [0.5, 0.6) is 0 Å². The molecule has 0 heterocycles. The highest BCUT2D eigenvalue weighted by Gasteiger charge is 2.31. The lowest BCUT2D eigenvalue weighted by Gasteiger charge is -2.02. The molecule has 0 atom stereocenters. The van der Waals surface area contributed by atoms with Crippen molar-refractivity contribution >= 4 is 11.4 Å². The summed E-state index contributed by atoms with van der Waals surface area (Å²) in [6, 6.07) is 0. The second-order valence-electron chi connectivity index (χ2n) is 2.36. The van der Waals surface area contributed by atoms with E-state index in [1.54, 1.807) is 13.8 Å². The zero-order valence-electron chi connectivity index (χ0n) is 7.44. The van der Waals surface area contributed by atoms with E-state index < -0.39 is 11.9 Å². The molecule has 0 aliphatic rings. The molecule has 0 aromatic rings. The Morgan fingerprint density at radius 2 is 1.92 bits per heavy atom. The molecule has 0 unspecified atom stereocenters. The summed E-state index contributed by atoms with van der Waals surface area (Å²) in [4.78, 5) is 3.84. The molecule has 0 bridgehead atoms. The SMILES string of the molecule is CCN=C(C)/C=C\C(=N)C(F)(F)F. The largest absolute Gasteiger partial charge is 0.432 e. The molecule has 0 fully saturated rings. The van der Waals surface area contributed by atoms with Crippen LogP contribution >= 0.6 is 0 Å². The fraction of sp³-hybridized carbons (Fsp3) is 0.500. The van der Waals surface area contributed by atoms with Gasteiger partial charge in [-0.1, -0.05) is 0 Å². The van der Waals surface area contributed by atoms with Crippen molar-refractivity contribution in [2.45, 2.75) is 20.0 Å². The smallest absolute Gasteiger partial charge is 0.296 e. The van der Waals surface area contributed by atoms with Gasteiger partial charge >= 0.3 is 6.18 Å². The van der Waals surface area contributed by atoms with Gasteiger partial charge in [-0.25, -0.2) is 0 Å². The number of alkyl halides is 3. The number of hydrogen-bond acceptors (Lipinski definition) is 2. The highest BCUT2D eigenvalue weighted by atomic mass is 19.4. The lowest BCUT2D eigenvalue weighted by molar-refractivity contribution is -0.0583. The monoisotopic (exact) mass is 192 g/mol. The van der Waals surface area contributed by atoms with Crippen LogP contribution in [0.4, 0.5) is 13.2 Å². The van der Waals surface area contributed by atoms with Gasteiger partial charge < -0.3 is 0 Å². The first-order chi connectivity index (χ1) is 5.88. The predicted molar refractivity (Wildman–Crippen MR) is 46.6 cm³/mol. The van der Waals surface area contributed by atoms with E-state index >= 15 is 0 Å². The molecular formula is C8H11F3N2. The summed E-state index contributed by atoms with van der Waals surface area (Å²) in [5, 5.41) is 6.60. The van der Waals surface area contributed by atoms with Gasteiger partial charge in [-0.2, -0.15) is 13.2 Å². The lowest BCUT2D eigenvalue weighted by Crippen LogP contribution is -2.19. The third kappa shape index (κ3) is 5.16. The normalized spacial score (nSPS) is 13.8. The van der Waals surface area contributed by atoms with E-state index in [-0.39, 0.29) is 0 Å². The van der Waals surface area contributed by atoms with Crippen molar-refractivity contribution in [1.82, 2.24) is 0 Å². The van der Waals surface area contributed by atoms with Crippen LogP contribution in [0.1, 0.15) is 13.8 Å². The molecule has 2 nitrogen and oxygen atoms in total. The Balaban J connectivity index is 4.30. The number of aliphatic imine (C=N–C) groups is 1. The van der Waals surface area contributed by atoms with Gasteiger partial charge in [-0.05, 0) is 26.0 Å². The molecule has 0 aliphatic carbocycles. The number of halogens is 3. The van der Waals surface area contributed by atoms with E-state index in [1.807, 2.05) is 0 Å². The number of allylic oxidation sites excluding steroid dienone is 2. The van der Waals surface area contributed by atoms with Crippen LogP contribution in [0.15, 0.2) is 17.1 Å². The van der Waals surface area contributed by atoms with Crippen LogP contribution in [0.25, 0.3) is 0 Å². The molecule has 0 rings (SSSR count). The molecule has 0 aromatic carbocycles. The van der Waals surface area contributed by atoms with E-state index in [0.717, 1.165) is 0 Å². The Labute approximate surface area is 74.7 Å². The first-order valence-electron chi connectivity index (χ1n) is 3.72. The summed E-state index contributed by atoms with van der Waals surface area (Å²) in [7, 11) is 0. The molecule has 0 saturated carbocycles. The van der Waals surface area contributed by atoms with Gasteiger partial charge in [0.05, 0.1) is 0 Å². The summed E-state index contributed by atoms with van der Waals surface area (Å²) in [6.07, 6.45) is -2.68. The Morgan fingerprint density at radius 1 is 1.38 bits per heavy atom. The van der Waals surface area contributed by atoms with E-state index in [4.69, 9.17) is 5.41 Å². The minimum atomic E-state index is -4.57. The second kappa shape index (κ2) is 4.79. The van der Waals surface area contributed by atoms with Crippen molar-refractivity contribution in [1.29, 1.82) is 5.41 Å². The van der Waals surface area contributed by atoms with Crippen molar-refractivity contribution in [3.8, 4) is 0 Å². The maximum absolute atomic E-state index is 11.8. The third-order valence-corrected chi connectivity index (χ3v) is 1.20. The van der Waals surface area contributed by atoms with Crippen molar-refractivity contribution in [2.24, 2.45) is 4.99 Å². The van der Waals surface area contributed by atoms with Gasteiger partial charge in [0, 0.05) is 12.3 Å². The molecule has 1 N–H and O–H groups in total. The second-order valence-corrected chi connectivity index (χ2v) is 2.36. The van der Waals surface area contributed by atoms with Crippen molar-refractivity contribution in [2.75, 3.05) is 6.54 Å². The summed E-state index contributed by atoms with van der Waals surface area (Å²) >= 11 is 0. The number of rotatable bonds is 3. The average Bonchev–Trinajstić information content (AvgIpc) is 1.99. The van der Waals surface area contributed by atoms with Crippen LogP contribution in [0.2, 0.25) is 0 Å². The van der Waals surface area contributed by atoms with E-state index in [2.05, 4.69) is 4.99 Å². The molecular weight excluding hydrogens is 181 g/mol. The first kappa shape index (κ1) is 11.9. The fourth-order valence-electron chi connectivity index (χ4n) is 0.601.